The van der Waals surface area contributed by atoms with E-state index in [1.807, 2.05) is 6.07 Å². The number of hydrogen-bond donors (Lipinski definition) is 1. The lowest BCUT2D eigenvalue weighted by Crippen LogP contribution is -2.44. The van der Waals surface area contributed by atoms with Crippen molar-refractivity contribution in [2.24, 2.45) is 5.41 Å². The fourth-order valence-corrected chi connectivity index (χ4v) is 6.65. The molecule has 2 aromatic heterocycles. The number of aromatic amines is 1. The van der Waals surface area contributed by atoms with Gasteiger partial charge < -0.3 is 9.47 Å². The summed E-state index contributed by atoms with van der Waals surface area (Å²) in [6.07, 6.45) is 2.92. The highest BCUT2D eigenvalue weighted by Crippen LogP contribution is 2.33. The minimum atomic E-state index is 0.108. The molecule has 0 saturated carbocycles. The smallest absolute Gasteiger partial charge is 0.180 e. The van der Waals surface area contributed by atoms with Gasteiger partial charge in [-0.05, 0) is 56.5 Å². The van der Waals surface area contributed by atoms with E-state index in [0.717, 1.165) is 80.4 Å². The van der Waals surface area contributed by atoms with Crippen molar-refractivity contribution in [1.82, 2.24) is 35.1 Å². The maximum atomic E-state index is 5.42. The van der Waals surface area contributed by atoms with E-state index >= 15 is 0 Å². The zero-order chi connectivity index (χ0) is 32.9. The van der Waals surface area contributed by atoms with E-state index in [1.54, 1.807) is 0 Å². The van der Waals surface area contributed by atoms with Gasteiger partial charge in [0.15, 0.2) is 11.6 Å². The van der Waals surface area contributed by atoms with Crippen LogP contribution >= 0.6 is 0 Å². The van der Waals surface area contributed by atoms with Gasteiger partial charge in [-0.15, -0.1) is 5.10 Å². The molecule has 0 saturated heterocycles. The Labute approximate surface area is 283 Å². The van der Waals surface area contributed by atoms with Crippen LogP contribution in [-0.4, -0.2) is 54.8 Å². The molecular weight excluding hydrogens is 592 g/mol. The molecule has 1 N–H and O–H groups in total. The Morgan fingerprint density at radius 2 is 1.35 bits per heavy atom. The molecule has 0 unspecified atom stereocenters. The van der Waals surface area contributed by atoms with Crippen molar-refractivity contribution in [2.75, 3.05) is 24.7 Å². The fraction of sp³-hybridized carbons (Fsp3) is 0.300. The van der Waals surface area contributed by atoms with E-state index in [9.17, 15) is 0 Å². The average molecular weight is 637 g/mol. The summed E-state index contributed by atoms with van der Waals surface area (Å²) in [5.74, 6) is 2.97. The normalized spacial score (nSPS) is 13.5. The van der Waals surface area contributed by atoms with E-state index in [4.69, 9.17) is 4.98 Å². The SMILES string of the molecule is CC(C)(C)Cc1nc2c(n1Cc1ccc(-c3ccccc3-c3nnn[nH]3)cc1)CN(CCc1ccccc1)CN2CCc1ccccc1. The van der Waals surface area contributed by atoms with Gasteiger partial charge >= 0.3 is 0 Å². The topological polar surface area (TPSA) is 78.8 Å². The minimum Gasteiger partial charge on any atom is -0.342 e. The van der Waals surface area contributed by atoms with Gasteiger partial charge in [-0.2, -0.15) is 0 Å². The van der Waals surface area contributed by atoms with Gasteiger partial charge in [0.2, 0.25) is 0 Å². The van der Waals surface area contributed by atoms with Crippen LogP contribution in [0.15, 0.2) is 109 Å². The number of aromatic nitrogens is 6. The van der Waals surface area contributed by atoms with Crippen LogP contribution in [-0.2, 0) is 32.4 Å². The zero-order valence-corrected chi connectivity index (χ0v) is 28.2. The van der Waals surface area contributed by atoms with Crippen LogP contribution < -0.4 is 4.90 Å². The first-order chi connectivity index (χ1) is 23.4. The molecule has 1 aliphatic heterocycles. The van der Waals surface area contributed by atoms with E-state index in [2.05, 4.69) is 159 Å². The summed E-state index contributed by atoms with van der Waals surface area (Å²) >= 11 is 0. The molecule has 0 amide bonds. The molecule has 6 aromatic rings. The lowest BCUT2D eigenvalue weighted by atomic mass is 9.92. The second-order valence-corrected chi connectivity index (χ2v) is 14.0. The largest absolute Gasteiger partial charge is 0.342 e. The average Bonchev–Trinajstić information content (AvgIpc) is 3.76. The molecular formula is C40H44N8. The molecule has 8 nitrogen and oxygen atoms in total. The van der Waals surface area contributed by atoms with Crippen molar-refractivity contribution < 1.29 is 0 Å². The van der Waals surface area contributed by atoms with Crippen molar-refractivity contribution in [3.8, 4) is 22.5 Å². The third kappa shape index (κ3) is 7.39. The van der Waals surface area contributed by atoms with Gasteiger partial charge in [-0.1, -0.05) is 130 Å². The van der Waals surface area contributed by atoms with Crippen molar-refractivity contribution >= 4 is 5.82 Å². The molecule has 3 heterocycles. The summed E-state index contributed by atoms with van der Waals surface area (Å²) in [4.78, 5) is 10.5. The first kappa shape index (κ1) is 31.5. The minimum absolute atomic E-state index is 0.108. The van der Waals surface area contributed by atoms with Crippen LogP contribution in [0.1, 0.15) is 49.0 Å². The van der Waals surface area contributed by atoms with Gasteiger partial charge in [-0.3, -0.25) is 4.90 Å². The van der Waals surface area contributed by atoms with E-state index in [-0.39, 0.29) is 5.41 Å². The molecule has 7 rings (SSSR count). The van der Waals surface area contributed by atoms with E-state index in [1.165, 1.54) is 22.4 Å². The lowest BCUT2D eigenvalue weighted by molar-refractivity contribution is 0.247. The van der Waals surface area contributed by atoms with Crippen molar-refractivity contribution in [2.45, 2.75) is 53.1 Å². The summed E-state index contributed by atoms with van der Waals surface area (Å²) < 4.78 is 2.51. The van der Waals surface area contributed by atoms with Crippen LogP contribution in [0.5, 0.6) is 0 Å². The maximum Gasteiger partial charge on any atom is 0.180 e. The predicted molar refractivity (Wildman–Crippen MR) is 192 cm³/mol. The summed E-state index contributed by atoms with van der Waals surface area (Å²) in [7, 11) is 0. The highest BCUT2D eigenvalue weighted by molar-refractivity contribution is 5.80. The van der Waals surface area contributed by atoms with Crippen LogP contribution in [0.25, 0.3) is 22.5 Å². The molecule has 0 aliphatic carbocycles. The van der Waals surface area contributed by atoms with Gasteiger partial charge in [0, 0.05) is 38.2 Å². The number of rotatable bonds is 11. The second-order valence-electron chi connectivity index (χ2n) is 14.0. The molecule has 0 atom stereocenters. The number of hydrogen-bond acceptors (Lipinski definition) is 6. The number of benzene rings is 4. The van der Waals surface area contributed by atoms with Crippen LogP contribution in [0.2, 0.25) is 0 Å². The maximum absolute atomic E-state index is 5.42. The second kappa shape index (κ2) is 14.0. The monoisotopic (exact) mass is 636 g/mol. The van der Waals surface area contributed by atoms with E-state index < -0.39 is 0 Å². The Kier molecular flexibility index (Phi) is 9.16. The zero-order valence-electron chi connectivity index (χ0n) is 28.2. The quantitative estimate of drug-likeness (QED) is 0.159. The fourth-order valence-electron chi connectivity index (χ4n) is 6.65. The van der Waals surface area contributed by atoms with Gasteiger partial charge in [0.1, 0.15) is 5.82 Å². The molecule has 0 radical (unpaired) electrons. The van der Waals surface area contributed by atoms with Crippen molar-refractivity contribution in [3.05, 3.63) is 137 Å². The highest BCUT2D eigenvalue weighted by Gasteiger charge is 2.30. The third-order valence-corrected chi connectivity index (χ3v) is 9.07. The highest BCUT2D eigenvalue weighted by atomic mass is 15.5. The van der Waals surface area contributed by atoms with Gasteiger partial charge in [-0.25, -0.2) is 10.1 Å². The van der Waals surface area contributed by atoms with Gasteiger partial charge in [0.05, 0.1) is 12.4 Å². The summed E-state index contributed by atoms with van der Waals surface area (Å²) in [6, 6.07) is 38.8. The van der Waals surface area contributed by atoms with Crippen LogP contribution in [0, 0.1) is 5.41 Å². The number of nitrogens with one attached hydrogen (secondary N) is 1. The molecule has 1 aliphatic rings. The number of H-pyrrole nitrogens is 1. The molecule has 0 bridgehead atoms. The van der Waals surface area contributed by atoms with Crippen molar-refractivity contribution in [3.63, 3.8) is 0 Å². The Bertz CT molecular complexity index is 1910. The summed E-state index contributed by atoms with van der Waals surface area (Å²) in [5, 5.41) is 14.6. The Hall–Kier alpha value is -5.08. The molecule has 244 valence electrons. The molecule has 0 spiro atoms. The molecule has 0 fully saturated rings. The standard InChI is InChI=1S/C40H44N8/c1-40(2,3)26-37-41-39-36(28-46(24-22-30-12-6-4-7-13-30)29-47(39)25-23-31-14-8-5-9-15-31)48(37)27-32-18-20-33(21-19-32)34-16-10-11-17-35(34)38-42-44-45-43-38/h4-21H,22-29H2,1-3H3,(H,42,43,44,45). The predicted octanol–water partition coefficient (Wildman–Crippen LogP) is 7.43. The molecule has 8 heteroatoms. The first-order valence-corrected chi connectivity index (χ1v) is 17.0. The first-order valence-electron chi connectivity index (χ1n) is 17.0. The third-order valence-electron chi connectivity index (χ3n) is 9.07. The number of nitrogens with zero attached hydrogens (tertiary/aromatic N) is 7. The molecule has 4 aromatic carbocycles. The number of imidazole rings is 1. The lowest BCUT2D eigenvalue weighted by Gasteiger charge is -2.36. The summed E-state index contributed by atoms with van der Waals surface area (Å²) in [5.41, 5.74) is 8.62. The Morgan fingerprint density at radius 1 is 0.708 bits per heavy atom. The van der Waals surface area contributed by atoms with Crippen molar-refractivity contribution in [1.29, 1.82) is 0 Å². The summed E-state index contributed by atoms with van der Waals surface area (Å²) in [6.45, 7) is 11.4. The number of fused-ring (bicyclic) bond motifs is 1. The Balaban J connectivity index is 1.20. The van der Waals surface area contributed by atoms with Gasteiger partial charge in [0.25, 0.3) is 0 Å². The van der Waals surface area contributed by atoms with Crippen LogP contribution in [0.3, 0.4) is 0 Å². The Morgan fingerprint density at radius 3 is 2.00 bits per heavy atom. The van der Waals surface area contributed by atoms with Crippen LogP contribution in [0.4, 0.5) is 5.82 Å². The number of anilines is 1. The number of tetrazole rings is 1. The van der Waals surface area contributed by atoms with E-state index in [0.29, 0.717) is 5.82 Å². The molecule has 48 heavy (non-hydrogen) atoms.